The molecule has 3 rings (SSSR count). The Morgan fingerprint density at radius 3 is 2.33 bits per heavy atom. The first-order chi connectivity index (χ1) is 11.5. The molecular formula is C16H13F3N4O. The fourth-order valence-electron chi connectivity index (χ4n) is 2.07. The van der Waals surface area contributed by atoms with Gasteiger partial charge in [0.15, 0.2) is 0 Å². The zero-order valence-electron chi connectivity index (χ0n) is 12.4. The van der Waals surface area contributed by atoms with Crippen LogP contribution < -0.4 is 5.32 Å². The van der Waals surface area contributed by atoms with Gasteiger partial charge in [-0.15, -0.1) is 0 Å². The predicted molar refractivity (Wildman–Crippen MR) is 79.5 cm³/mol. The number of nitrogens with one attached hydrogen (secondary N) is 1. The lowest BCUT2D eigenvalue weighted by atomic mass is 10.1. The number of rotatable bonds is 5. The molecule has 2 aromatic heterocycles. The first kappa shape index (κ1) is 16.1. The number of pyridine rings is 1. The summed E-state index contributed by atoms with van der Waals surface area (Å²) in [4.78, 5) is 8.10. The van der Waals surface area contributed by atoms with E-state index in [-0.39, 0.29) is 5.82 Å². The van der Waals surface area contributed by atoms with E-state index in [1.165, 1.54) is 12.1 Å². The minimum atomic E-state index is -4.36. The van der Waals surface area contributed by atoms with Gasteiger partial charge in [-0.05, 0) is 29.8 Å². The van der Waals surface area contributed by atoms with Crippen molar-refractivity contribution in [2.45, 2.75) is 19.3 Å². The number of aromatic nitrogens is 3. The summed E-state index contributed by atoms with van der Waals surface area (Å²) >= 11 is 0. The number of hydrogen-bond donors (Lipinski definition) is 1. The van der Waals surface area contributed by atoms with Crippen LogP contribution in [-0.4, -0.2) is 15.1 Å². The van der Waals surface area contributed by atoms with E-state index in [9.17, 15) is 13.2 Å². The Morgan fingerprint density at radius 2 is 1.67 bits per heavy atom. The summed E-state index contributed by atoms with van der Waals surface area (Å²) in [5.74, 6) is 0.614. The van der Waals surface area contributed by atoms with E-state index in [1.54, 1.807) is 12.4 Å². The Hall–Kier alpha value is -2.74. The van der Waals surface area contributed by atoms with Crippen LogP contribution in [0, 0.1) is 0 Å². The molecule has 2 heterocycles. The summed E-state index contributed by atoms with van der Waals surface area (Å²) < 4.78 is 42.7. The molecule has 0 spiro atoms. The van der Waals surface area contributed by atoms with Gasteiger partial charge in [-0.3, -0.25) is 4.98 Å². The maximum Gasteiger partial charge on any atom is 0.416 e. The van der Waals surface area contributed by atoms with E-state index >= 15 is 0 Å². The third kappa shape index (κ3) is 3.96. The van der Waals surface area contributed by atoms with Crippen LogP contribution in [0.3, 0.4) is 0 Å². The van der Waals surface area contributed by atoms with Crippen LogP contribution in [0.15, 0.2) is 53.3 Å². The predicted octanol–water partition coefficient (Wildman–Crippen LogP) is 3.44. The molecule has 5 nitrogen and oxygen atoms in total. The average molecular weight is 334 g/mol. The largest absolute Gasteiger partial charge is 0.416 e. The molecule has 0 saturated carbocycles. The van der Waals surface area contributed by atoms with Crippen molar-refractivity contribution in [2.24, 2.45) is 0 Å². The highest BCUT2D eigenvalue weighted by Crippen LogP contribution is 2.30. The maximum absolute atomic E-state index is 12.5. The topological polar surface area (TPSA) is 63.8 Å². The number of nitrogens with zero attached hydrogens (tertiary/aromatic N) is 3. The van der Waals surface area contributed by atoms with Gasteiger partial charge in [-0.1, -0.05) is 17.3 Å². The van der Waals surface area contributed by atoms with Gasteiger partial charge in [0.05, 0.1) is 12.1 Å². The first-order valence-electron chi connectivity index (χ1n) is 7.12. The van der Waals surface area contributed by atoms with Crippen molar-refractivity contribution in [3.8, 4) is 11.4 Å². The zero-order valence-corrected chi connectivity index (χ0v) is 12.4. The number of halogens is 3. The van der Waals surface area contributed by atoms with Crippen LogP contribution in [0.25, 0.3) is 11.4 Å². The minimum absolute atomic E-state index is 0.254. The molecule has 0 aliphatic rings. The average Bonchev–Trinajstić information content (AvgIpc) is 3.04. The Morgan fingerprint density at radius 1 is 0.958 bits per heavy atom. The van der Waals surface area contributed by atoms with Crippen molar-refractivity contribution < 1.29 is 17.7 Å². The van der Waals surface area contributed by atoms with Crippen molar-refractivity contribution in [3.05, 3.63) is 65.8 Å². The van der Waals surface area contributed by atoms with Crippen LogP contribution in [-0.2, 0) is 19.3 Å². The highest BCUT2D eigenvalue weighted by molar-refractivity contribution is 5.54. The second-order valence-electron chi connectivity index (χ2n) is 5.05. The standard InChI is InChI=1S/C16H13F3N4O/c17-16(18,19)13-3-1-12(2-4-13)15-22-14(24-23-15)10-21-9-11-5-7-20-8-6-11/h1-8,21H,9-10H2. The van der Waals surface area contributed by atoms with Gasteiger partial charge in [-0.25, -0.2) is 0 Å². The summed E-state index contributed by atoms with van der Waals surface area (Å²) in [7, 11) is 0. The van der Waals surface area contributed by atoms with Crippen LogP contribution in [0.1, 0.15) is 17.0 Å². The lowest BCUT2D eigenvalue weighted by Gasteiger charge is -2.05. The Balaban J connectivity index is 1.61. The van der Waals surface area contributed by atoms with Gasteiger partial charge in [0, 0.05) is 24.5 Å². The zero-order chi connectivity index (χ0) is 17.0. The molecule has 0 aliphatic carbocycles. The van der Waals surface area contributed by atoms with E-state index in [0.29, 0.717) is 24.5 Å². The molecule has 3 aromatic rings. The van der Waals surface area contributed by atoms with Crippen molar-refractivity contribution in [1.82, 2.24) is 20.4 Å². The Bertz CT molecular complexity index is 785. The molecule has 0 fully saturated rings. The van der Waals surface area contributed by atoms with Gasteiger partial charge < -0.3 is 9.84 Å². The third-order valence-corrected chi connectivity index (χ3v) is 3.29. The van der Waals surface area contributed by atoms with Crippen molar-refractivity contribution in [2.75, 3.05) is 0 Å². The molecule has 0 aliphatic heterocycles. The molecule has 0 bridgehead atoms. The van der Waals surface area contributed by atoms with E-state index < -0.39 is 11.7 Å². The second kappa shape index (κ2) is 6.79. The highest BCUT2D eigenvalue weighted by atomic mass is 19.4. The summed E-state index contributed by atoms with van der Waals surface area (Å²) in [5.41, 5.74) is 0.814. The second-order valence-corrected chi connectivity index (χ2v) is 5.05. The molecule has 0 radical (unpaired) electrons. The number of alkyl halides is 3. The van der Waals surface area contributed by atoms with Crippen LogP contribution in [0.2, 0.25) is 0 Å². The normalized spacial score (nSPS) is 11.6. The molecule has 8 heteroatoms. The Kier molecular flexibility index (Phi) is 4.57. The smallest absolute Gasteiger partial charge is 0.338 e. The fraction of sp³-hybridized carbons (Fsp3) is 0.188. The van der Waals surface area contributed by atoms with Gasteiger partial charge in [-0.2, -0.15) is 18.2 Å². The molecule has 1 aromatic carbocycles. The first-order valence-corrected chi connectivity index (χ1v) is 7.12. The summed E-state index contributed by atoms with van der Waals surface area (Å²) in [5, 5.41) is 6.93. The monoisotopic (exact) mass is 334 g/mol. The van der Waals surface area contributed by atoms with Gasteiger partial charge in [0.1, 0.15) is 0 Å². The lowest BCUT2D eigenvalue weighted by Crippen LogP contribution is -2.12. The molecule has 0 atom stereocenters. The van der Waals surface area contributed by atoms with E-state index in [1.807, 2.05) is 12.1 Å². The third-order valence-electron chi connectivity index (χ3n) is 3.29. The molecule has 124 valence electrons. The SMILES string of the molecule is FC(F)(F)c1ccc(-c2noc(CNCc3ccncc3)n2)cc1. The lowest BCUT2D eigenvalue weighted by molar-refractivity contribution is -0.137. The van der Waals surface area contributed by atoms with Crippen LogP contribution in [0.5, 0.6) is 0 Å². The minimum Gasteiger partial charge on any atom is -0.338 e. The maximum atomic E-state index is 12.5. The molecule has 0 saturated heterocycles. The van der Waals surface area contributed by atoms with Crippen LogP contribution >= 0.6 is 0 Å². The van der Waals surface area contributed by atoms with Crippen molar-refractivity contribution in [3.63, 3.8) is 0 Å². The van der Waals surface area contributed by atoms with E-state index in [4.69, 9.17) is 4.52 Å². The summed E-state index contributed by atoms with van der Waals surface area (Å²) in [6, 6.07) is 8.40. The highest BCUT2D eigenvalue weighted by Gasteiger charge is 2.30. The van der Waals surface area contributed by atoms with Gasteiger partial charge in [0.2, 0.25) is 11.7 Å². The molecular weight excluding hydrogens is 321 g/mol. The molecule has 24 heavy (non-hydrogen) atoms. The summed E-state index contributed by atoms with van der Waals surface area (Å²) in [6.45, 7) is 0.969. The molecule has 0 unspecified atom stereocenters. The van der Waals surface area contributed by atoms with Gasteiger partial charge >= 0.3 is 6.18 Å². The van der Waals surface area contributed by atoms with Gasteiger partial charge in [0.25, 0.3) is 0 Å². The molecule has 1 N–H and O–H groups in total. The van der Waals surface area contributed by atoms with Crippen molar-refractivity contribution in [1.29, 1.82) is 0 Å². The van der Waals surface area contributed by atoms with Crippen LogP contribution in [0.4, 0.5) is 13.2 Å². The quantitative estimate of drug-likeness (QED) is 0.774. The number of benzene rings is 1. The van der Waals surface area contributed by atoms with E-state index in [2.05, 4.69) is 20.4 Å². The Labute approximate surface area is 135 Å². The van der Waals surface area contributed by atoms with Crippen molar-refractivity contribution >= 4 is 0 Å². The molecule has 0 amide bonds. The van der Waals surface area contributed by atoms with E-state index in [0.717, 1.165) is 17.7 Å². The number of hydrogen-bond acceptors (Lipinski definition) is 5. The fourth-order valence-corrected chi connectivity index (χ4v) is 2.07. The summed E-state index contributed by atoms with van der Waals surface area (Å²) in [6.07, 6.45) is -0.962.